The summed E-state index contributed by atoms with van der Waals surface area (Å²) >= 11 is 0. The first-order valence-electron chi connectivity index (χ1n) is 8.46. The van der Waals surface area contributed by atoms with Crippen LogP contribution in [-0.2, 0) is 6.54 Å². The van der Waals surface area contributed by atoms with Gasteiger partial charge in [0.15, 0.2) is 0 Å². The summed E-state index contributed by atoms with van der Waals surface area (Å²) in [7, 11) is 0. The van der Waals surface area contributed by atoms with Crippen molar-refractivity contribution >= 4 is 11.5 Å². The first kappa shape index (κ1) is 15.3. The van der Waals surface area contributed by atoms with E-state index in [-0.39, 0.29) is 5.41 Å². The number of hydrogen-bond donors (Lipinski definition) is 2. The molecule has 7 heteroatoms. The van der Waals surface area contributed by atoms with E-state index in [1.807, 2.05) is 13.1 Å². The number of hydrogen-bond acceptors (Lipinski definition) is 6. The van der Waals surface area contributed by atoms with Gasteiger partial charge in [0.05, 0.1) is 30.3 Å². The number of aryl methyl sites for hydroxylation is 1. The van der Waals surface area contributed by atoms with Gasteiger partial charge in [0, 0.05) is 24.3 Å². The zero-order valence-electron chi connectivity index (χ0n) is 14.2. The Morgan fingerprint density at radius 1 is 1.29 bits per heavy atom. The lowest BCUT2D eigenvalue weighted by Gasteiger charge is -2.39. The number of fused-ring (bicyclic) bond motifs is 1. The molecule has 2 aromatic heterocycles. The predicted octanol–water partition coefficient (Wildman–Crippen LogP) is 1.42. The standard InChI is InChI=1S/C17H23N7/c1-11-12(7-21-23-11)15-16-13(8-19-15)22-14(9-20-16)24-5-3-17(2,10-18)4-6-24/h7,9H,3-6,8,10,18H2,1-2H3,(H,21,23). The number of piperidine rings is 1. The maximum absolute atomic E-state index is 5.90. The third kappa shape index (κ3) is 2.49. The minimum absolute atomic E-state index is 0.260. The maximum atomic E-state index is 5.90. The fourth-order valence-electron chi connectivity index (χ4n) is 3.39. The first-order valence-corrected chi connectivity index (χ1v) is 8.46. The Labute approximate surface area is 141 Å². The van der Waals surface area contributed by atoms with Crippen LogP contribution in [0.1, 0.15) is 42.4 Å². The second kappa shape index (κ2) is 5.66. The fraction of sp³-hybridized carbons (Fsp3) is 0.529. The number of rotatable bonds is 3. The number of nitrogens with zero attached hydrogens (tertiary/aromatic N) is 5. The van der Waals surface area contributed by atoms with E-state index in [0.717, 1.165) is 66.7 Å². The molecule has 2 aromatic rings. The molecule has 0 spiro atoms. The zero-order chi connectivity index (χ0) is 16.7. The summed E-state index contributed by atoms with van der Waals surface area (Å²) in [5.74, 6) is 0.952. The van der Waals surface area contributed by atoms with Crippen LogP contribution in [0.2, 0.25) is 0 Å². The van der Waals surface area contributed by atoms with Crippen molar-refractivity contribution in [2.75, 3.05) is 24.5 Å². The molecule has 1 saturated heterocycles. The highest BCUT2D eigenvalue weighted by atomic mass is 15.2. The van der Waals surface area contributed by atoms with Crippen molar-refractivity contribution in [3.05, 3.63) is 35.0 Å². The van der Waals surface area contributed by atoms with E-state index in [1.165, 1.54) is 0 Å². The van der Waals surface area contributed by atoms with E-state index >= 15 is 0 Å². The van der Waals surface area contributed by atoms with E-state index in [0.29, 0.717) is 6.54 Å². The molecule has 0 radical (unpaired) electrons. The van der Waals surface area contributed by atoms with Crippen molar-refractivity contribution in [2.45, 2.75) is 33.2 Å². The van der Waals surface area contributed by atoms with Crippen LogP contribution in [-0.4, -0.2) is 45.5 Å². The van der Waals surface area contributed by atoms with Crippen molar-refractivity contribution in [3.63, 3.8) is 0 Å². The van der Waals surface area contributed by atoms with Gasteiger partial charge in [-0.1, -0.05) is 6.92 Å². The summed E-state index contributed by atoms with van der Waals surface area (Å²) in [5.41, 5.74) is 10.9. The van der Waals surface area contributed by atoms with E-state index in [2.05, 4.69) is 32.0 Å². The Morgan fingerprint density at radius 2 is 2.08 bits per heavy atom. The van der Waals surface area contributed by atoms with Gasteiger partial charge >= 0.3 is 0 Å². The molecule has 7 nitrogen and oxygen atoms in total. The maximum Gasteiger partial charge on any atom is 0.147 e. The smallest absolute Gasteiger partial charge is 0.147 e. The number of nitrogens with two attached hydrogens (primary N) is 1. The summed E-state index contributed by atoms with van der Waals surface area (Å²) in [6.45, 7) is 7.56. The van der Waals surface area contributed by atoms with Crippen LogP contribution >= 0.6 is 0 Å². The van der Waals surface area contributed by atoms with E-state index < -0.39 is 0 Å². The Balaban J connectivity index is 1.55. The lowest BCUT2D eigenvalue weighted by atomic mass is 9.80. The largest absolute Gasteiger partial charge is 0.355 e. The van der Waals surface area contributed by atoms with Gasteiger partial charge in [-0.05, 0) is 31.7 Å². The van der Waals surface area contributed by atoms with Crippen molar-refractivity contribution in [1.29, 1.82) is 0 Å². The molecule has 0 bridgehead atoms. The third-order valence-corrected chi connectivity index (χ3v) is 5.32. The molecule has 0 amide bonds. The van der Waals surface area contributed by atoms with Crippen LogP contribution in [0, 0.1) is 12.3 Å². The van der Waals surface area contributed by atoms with Gasteiger partial charge < -0.3 is 10.6 Å². The van der Waals surface area contributed by atoms with E-state index in [4.69, 9.17) is 10.7 Å². The molecule has 2 aliphatic heterocycles. The normalized spacial score (nSPS) is 19.3. The number of aliphatic imine (C=N–C) groups is 1. The lowest BCUT2D eigenvalue weighted by Crippen LogP contribution is -2.42. The summed E-state index contributed by atoms with van der Waals surface area (Å²) in [6, 6.07) is 0. The molecule has 0 saturated carbocycles. The Kier molecular flexibility index (Phi) is 3.60. The minimum atomic E-state index is 0.260. The molecule has 3 N–H and O–H groups in total. The summed E-state index contributed by atoms with van der Waals surface area (Å²) in [6.07, 6.45) is 5.87. The minimum Gasteiger partial charge on any atom is -0.355 e. The first-order chi connectivity index (χ1) is 11.6. The van der Waals surface area contributed by atoms with Crippen LogP contribution in [0.5, 0.6) is 0 Å². The van der Waals surface area contributed by atoms with Gasteiger partial charge in [-0.2, -0.15) is 5.10 Å². The molecule has 0 atom stereocenters. The molecule has 4 rings (SSSR count). The third-order valence-electron chi connectivity index (χ3n) is 5.32. The Morgan fingerprint density at radius 3 is 2.75 bits per heavy atom. The average Bonchev–Trinajstić information content (AvgIpc) is 3.20. The van der Waals surface area contributed by atoms with Crippen LogP contribution in [0.3, 0.4) is 0 Å². The highest BCUT2D eigenvalue weighted by Crippen LogP contribution is 2.32. The monoisotopic (exact) mass is 325 g/mol. The summed E-state index contributed by atoms with van der Waals surface area (Å²) in [5, 5.41) is 7.03. The van der Waals surface area contributed by atoms with Gasteiger partial charge in [0.25, 0.3) is 0 Å². The van der Waals surface area contributed by atoms with Crippen LogP contribution in [0.15, 0.2) is 17.4 Å². The van der Waals surface area contributed by atoms with Crippen LogP contribution < -0.4 is 10.6 Å². The number of anilines is 1. The highest BCUT2D eigenvalue weighted by Gasteiger charge is 2.30. The van der Waals surface area contributed by atoms with Gasteiger partial charge in [-0.15, -0.1) is 0 Å². The van der Waals surface area contributed by atoms with E-state index in [9.17, 15) is 0 Å². The van der Waals surface area contributed by atoms with Crippen molar-refractivity contribution in [2.24, 2.45) is 16.1 Å². The number of aromatic amines is 1. The highest BCUT2D eigenvalue weighted by molar-refractivity contribution is 6.14. The number of nitrogens with one attached hydrogen (secondary N) is 1. The molecule has 1 fully saturated rings. The van der Waals surface area contributed by atoms with Crippen LogP contribution in [0.25, 0.3) is 0 Å². The molecule has 24 heavy (non-hydrogen) atoms. The topological polar surface area (TPSA) is 96.1 Å². The Bertz CT molecular complexity index is 784. The van der Waals surface area contributed by atoms with Gasteiger partial charge in [-0.3, -0.25) is 10.1 Å². The fourth-order valence-corrected chi connectivity index (χ4v) is 3.39. The van der Waals surface area contributed by atoms with Gasteiger partial charge in [-0.25, -0.2) is 9.97 Å². The molecular weight excluding hydrogens is 302 g/mol. The Hall–Kier alpha value is -2.28. The lowest BCUT2D eigenvalue weighted by molar-refractivity contribution is 0.258. The quantitative estimate of drug-likeness (QED) is 0.890. The second-order valence-electron chi connectivity index (χ2n) is 7.10. The van der Waals surface area contributed by atoms with Crippen molar-refractivity contribution < 1.29 is 0 Å². The number of H-pyrrole nitrogens is 1. The predicted molar refractivity (Wildman–Crippen MR) is 93.3 cm³/mol. The molecule has 4 heterocycles. The number of aromatic nitrogens is 4. The molecule has 0 aromatic carbocycles. The molecular formula is C17H23N7. The average molecular weight is 325 g/mol. The SMILES string of the molecule is Cc1[nH]ncc1C1=NCc2nc(N3CCC(C)(CN)CC3)cnc21. The van der Waals surface area contributed by atoms with Crippen LogP contribution in [0.4, 0.5) is 5.82 Å². The van der Waals surface area contributed by atoms with Gasteiger partial charge in [0.2, 0.25) is 0 Å². The second-order valence-corrected chi connectivity index (χ2v) is 7.10. The molecule has 0 aliphatic carbocycles. The van der Waals surface area contributed by atoms with Gasteiger partial charge in [0.1, 0.15) is 11.5 Å². The van der Waals surface area contributed by atoms with E-state index in [1.54, 1.807) is 6.20 Å². The van der Waals surface area contributed by atoms with Crippen molar-refractivity contribution in [1.82, 2.24) is 20.2 Å². The summed E-state index contributed by atoms with van der Waals surface area (Å²) in [4.78, 5) is 16.4. The summed E-state index contributed by atoms with van der Waals surface area (Å²) < 4.78 is 0. The zero-order valence-corrected chi connectivity index (χ0v) is 14.2. The molecule has 2 aliphatic rings. The molecule has 126 valence electrons. The molecule has 0 unspecified atom stereocenters. The van der Waals surface area contributed by atoms with Crippen molar-refractivity contribution in [3.8, 4) is 0 Å².